The van der Waals surface area contributed by atoms with Crippen molar-refractivity contribution in [1.29, 1.82) is 0 Å². The predicted octanol–water partition coefficient (Wildman–Crippen LogP) is 2.14. The van der Waals surface area contributed by atoms with Crippen molar-refractivity contribution < 1.29 is 9.47 Å². The van der Waals surface area contributed by atoms with E-state index in [0.29, 0.717) is 0 Å². The van der Waals surface area contributed by atoms with Gasteiger partial charge in [0.15, 0.2) is 0 Å². The first-order chi connectivity index (χ1) is 8.49. The fraction of sp³-hybridized carbons (Fsp3) is 0.571. The minimum absolute atomic E-state index is 0.0585. The Morgan fingerprint density at radius 2 is 1.78 bits per heavy atom. The van der Waals surface area contributed by atoms with E-state index in [1.807, 2.05) is 26.0 Å². The van der Waals surface area contributed by atoms with Gasteiger partial charge < -0.3 is 20.9 Å². The van der Waals surface area contributed by atoms with Crippen molar-refractivity contribution in [3.8, 4) is 11.5 Å². The molecule has 4 heteroatoms. The number of nitrogens with two attached hydrogens (primary N) is 2. The van der Waals surface area contributed by atoms with Gasteiger partial charge in [-0.25, -0.2) is 0 Å². The minimum Gasteiger partial charge on any atom is -0.497 e. The molecule has 0 aromatic heterocycles. The molecule has 1 aromatic carbocycles. The Bertz CT molecular complexity index is 392. The van der Waals surface area contributed by atoms with Crippen molar-refractivity contribution in [2.24, 2.45) is 11.5 Å². The highest BCUT2D eigenvalue weighted by atomic mass is 16.5. The van der Waals surface area contributed by atoms with Gasteiger partial charge in [-0.1, -0.05) is 0 Å². The number of methoxy groups -OCH3 is 2. The molecule has 0 spiro atoms. The van der Waals surface area contributed by atoms with Gasteiger partial charge in [0.05, 0.1) is 14.2 Å². The Morgan fingerprint density at radius 1 is 1.11 bits per heavy atom. The molecule has 102 valence electrons. The predicted molar refractivity (Wildman–Crippen MR) is 74.1 cm³/mol. The van der Waals surface area contributed by atoms with E-state index >= 15 is 0 Å². The summed E-state index contributed by atoms with van der Waals surface area (Å²) in [5, 5.41) is 0. The van der Waals surface area contributed by atoms with Crippen LogP contribution in [0.3, 0.4) is 0 Å². The van der Waals surface area contributed by atoms with Gasteiger partial charge in [-0.05, 0) is 38.3 Å². The fourth-order valence-corrected chi connectivity index (χ4v) is 2.08. The smallest absolute Gasteiger partial charge is 0.127 e. The van der Waals surface area contributed by atoms with E-state index < -0.39 is 0 Å². The molecule has 0 bridgehead atoms. The molecule has 0 radical (unpaired) electrons. The first-order valence-corrected chi connectivity index (χ1v) is 6.23. The van der Waals surface area contributed by atoms with Crippen molar-refractivity contribution in [2.75, 3.05) is 14.2 Å². The average Bonchev–Trinajstić information content (AvgIpc) is 2.34. The zero-order valence-corrected chi connectivity index (χ0v) is 11.7. The first kappa shape index (κ1) is 14.8. The SMILES string of the molecule is COc1cc(C)c(C(N)CCC(C)N)c(OC)c1. The number of hydrogen-bond acceptors (Lipinski definition) is 4. The van der Waals surface area contributed by atoms with Crippen LogP contribution in [0.2, 0.25) is 0 Å². The molecule has 4 nitrogen and oxygen atoms in total. The lowest BCUT2D eigenvalue weighted by molar-refractivity contribution is 0.385. The molecule has 0 aliphatic heterocycles. The van der Waals surface area contributed by atoms with Gasteiger partial charge in [-0.3, -0.25) is 0 Å². The molecule has 1 rings (SSSR count). The number of benzene rings is 1. The van der Waals surface area contributed by atoms with Crippen LogP contribution in [0.15, 0.2) is 12.1 Å². The van der Waals surface area contributed by atoms with Crippen LogP contribution in [-0.2, 0) is 0 Å². The number of aryl methyl sites for hydroxylation is 1. The quantitative estimate of drug-likeness (QED) is 0.813. The Balaban J connectivity index is 2.99. The summed E-state index contributed by atoms with van der Waals surface area (Å²) >= 11 is 0. The van der Waals surface area contributed by atoms with Crippen LogP contribution in [0.1, 0.15) is 36.9 Å². The fourth-order valence-electron chi connectivity index (χ4n) is 2.08. The normalized spacial score (nSPS) is 14.1. The van der Waals surface area contributed by atoms with Crippen molar-refractivity contribution in [3.63, 3.8) is 0 Å². The minimum atomic E-state index is -0.0585. The van der Waals surface area contributed by atoms with Gasteiger partial charge in [0, 0.05) is 23.7 Å². The van der Waals surface area contributed by atoms with E-state index in [4.69, 9.17) is 20.9 Å². The summed E-state index contributed by atoms with van der Waals surface area (Å²) in [6.07, 6.45) is 1.75. The van der Waals surface area contributed by atoms with Crippen LogP contribution in [0, 0.1) is 6.92 Å². The molecule has 0 saturated heterocycles. The van der Waals surface area contributed by atoms with E-state index in [2.05, 4.69) is 0 Å². The van der Waals surface area contributed by atoms with Gasteiger partial charge in [0.2, 0.25) is 0 Å². The molecular weight excluding hydrogens is 228 g/mol. The number of hydrogen-bond donors (Lipinski definition) is 2. The summed E-state index contributed by atoms with van der Waals surface area (Å²) in [6, 6.07) is 3.95. The molecule has 18 heavy (non-hydrogen) atoms. The van der Waals surface area contributed by atoms with Crippen LogP contribution >= 0.6 is 0 Å². The van der Waals surface area contributed by atoms with Crippen molar-refractivity contribution in [1.82, 2.24) is 0 Å². The van der Waals surface area contributed by atoms with Crippen LogP contribution in [-0.4, -0.2) is 20.3 Å². The number of rotatable bonds is 6. The second-order valence-corrected chi connectivity index (χ2v) is 4.72. The van der Waals surface area contributed by atoms with Crippen molar-refractivity contribution >= 4 is 0 Å². The highest BCUT2D eigenvalue weighted by Gasteiger charge is 2.16. The molecular formula is C14H24N2O2. The van der Waals surface area contributed by atoms with Gasteiger partial charge in [0.1, 0.15) is 11.5 Å². The topological polar surface area (TPSA) is 70.5 Å². The van der Waals surface area contributed by atoms with Crippen LogP contribution in [0.5, 0.6) is 11.5 Å². The molecule has 2 atom stereocenters. The van der Waals surface area contributed by atoms with E-state index in [-0.39, 0.29) is 12.1 Å². The average molecular weight is 252 g/mol. The molecule has 4 N–H and O–H groups in total. The van der Waals surface area contributed by atoms with Crippen LogP contribution in [0.25, 0.3) is 0 Å². The molecule has 0 heterocycles. The van der Waals surface area contributed by atoms with Gasteiger partial charge in [0.25, 0.3) is 0 Å². The maximum atomic E-state index is 6.24. The third-order valence-electron chi connectivity index (χ3n) is 3.08. The monoisotopic (exact) mass is 252 g/mol. The maximum Gasteiger partial charge on any atom is 0.127 e. The van der Waals surface area contributed by atoms with E-state index in [0.717, 1.165) is 35.5 Å². The van der Waals surface area contributed by atoms with Crippen LogP contribution < -0.4 is 20.9 Å². The molecule has 0 aliphatic rings. The lowest BCUT2D eigenvalue weighted by Gasteiger charge is -2.20. The maximum absolute atomic E-state index is 6.24. The third-order valence-corrected chi connectivity index (χ3v) is 3.08. The largest absolute Gasteiger partial charge is 0.497 e. The Kier molecular flexibility index (Phi) is 5.44. The summed E-state index contributed by atoms with van der Waals surface area (Å²) in [4.78, 5) is 0. The summed E-state index contributed by atoms with van der Waals surface area (Å²) in [5.41, 5.74) is 14.1. The molecule has 0 amide bonds. The lowest BCUT2D eigenvalue weighted by atomic mass is 9.95. The van der Waals surface area contributed by atoms with E-state index in [9.17, 15) is 0 Å². The summed E-state index contributed by atoms with van der Waals surface area (Å²) in [7, 11) is 3.29. The molecule has 0 saturated carbocycles. The van der Waals surface area contributed by atoms with Gasteiger partial charge in [-0.15, -0.1) is 0 Å². The van der Waals surface area contributed by atoms with Crippen molar-refractivity contribution in [3.05, 3.63) is 23.3 Å². The Morgan fingerprint density at radius 3 is 2.28 bits per heavy atom. The summed E-state index contributed by atoms with van der Waals surface area (Å²) in [6.45, 7) is 4.01. The van der Waals surface area contributed by atoms with E-state index in [1.54, 1.807) is 14.2 Å². The van der Waals surface area contributed by atoms with E-state index in [1.165, 1.54) is 0 Å². The highest BCUT2D eigenvalue weighted by Crippen LogP contribution is 2.33. The summed E-state index contributed by atoms with van der Waals surface area (Å²) in [5.74, 6) is 1.57. The number of ether oxygens (including phenoxy) is 2. The Labute approximate surface area is 109 Å². The zero-order chi connectivity index (χ0) is 13.7. The van der Waals surface area contributed by atoms with Gasteiger partial charge >= 0.3 is 0 Å². The lowest BCUT2D eigenvalue weighted by Crippen LogP contribution is -2.20. The highest BCUT2D eigenvalue weighted by molar-refractivity contribution is 5.47. The molecule has 0 aliphatic carbocycles. The third kappa shape index (κ3) is 3.62. The standard InChI is InChI=1S/C14H24N2O2/c1-9-7-11(17-3)8-13(18-4)14(9)12(16)6-5-10(2)15/h7-8,10,12H,5-6,15-16H2,1-4H3. The molecule has 2 unspecified atom stereocenters. The molecule has 0 fully saturated rings. The molecule has 1 aromatic rings. The second-order valence-electron chi connectivity index (χ2n) is 4.72. The van der Waals surface area contributed by atoms with Crippen LogP contribution in [0.4, 0.5) is 0 Å². The Hall–Kier alpha value is -1.26. The first-order valence-electron chi connectivity index (χ1n) is 6.23. The van der Waals surface area contributed by atoms with Gasteiger partial charge in [-0.2, -0.15) is 0 Å². The van der Waals surface area contributed by atoms with Crippen molar-refractivity contribution in [2.45, 2.75) is 38.8 Å². The summed E-state index contributed by atoms with van der Waals surface area (Å²) < 4.78 is 10.6. The second kappa shape index (κ2) is 6.61. The zero-order valence-electron chi connectivity index (χ0n) is 11.7.